The molecule has 0 bridgehead atoms. The molecule has 1 amide bonds. The van der Waals surface area contributed by atoms with Crippen LogP contribution < -0.4 is 0 Å². The molecule has 1 fully saturated rings. The van der Waals surface area contributed by atoms with Crippen LogP contribution in [0.4, 0.5) is 13.2 Å². The third-order valence-electron chi connectivity index (χ3n) is 4.88. The van der Waals surface area contributed by atoms with Gasteiger partial charge in [0.05, 0.1) is 10.5 Å². The Morgan fingerprint density at radius 3 is 2.30 bits per heavy atom. The topological polar surface area (TPSA) is 70.6 Å². The molecule has 11 heteroatoms. The molecule has 0 N–H and O–H groups in total. The monoisotopic (exact) mass is 463 g/mol. The molecule has 0 spiro atoms. The zero-order valence-electron chi connectivity index (χ0n) is 16.3. The number of aromatic nitrogens is 1. The van der Waals surface area contributed by atoms with Gasteiger partial charge in [-0.05, 0) is 49.7 Å². The Balaban J connectivity index is 0.00000320. The number of carbonyl (C=O) groups excluding carboxylic acids is 1. The fourth-order valence-electron chi connectivity index (χ4n) is 3.25. The molecule has 6 nitrogen and oxygen atoms in total. The van der Waals surface area contributed by atoms with Crippen molar-refractivity contribution in [1.82, 2.24) is 14.2 Å². The number of alkyl halides is 3. The van der Waals surface area contributed by atoms with E-state index in [0.717, 1.165) is 29.8 Å². The molecule has 2 aromatic rings. The van der Waals surface area contributed by atoms with E-state index in [2.05, 4.69) is 4.98 Å². The Labute approximate surface area is 179 Å². The number of aryl methyl sites for hydroxylation is 1. The first-order valence-corrected chi connectivity index (χ1v) is 10.4. The Morgan fingerprint density at radius 1 is 1.13 bits per heavy atom. The second-order valence-electron chi connectivity index (χ2n) is 6.90. The van der Waals surface area contributed by atoms with Crippen molar-refractivity contribution in [3.63, 3.8) is 0 Å². The summed E-state index contributed by atoms with van der Waals surface area (Å²) in [5, 5.41) is 0. The molecule has 0 unspecified atom stereocenters. The first-order chi connectivity index (χ1) is 13.5. The van der Waals surface area contributed by atoms with Crippen molar-refractivity contribution >= 4 is 28.3 Å². The maximum Gasteiger partial charge on any atom is 0.416 e. The van der Waals surface area contributed by atoms with Crippen LogP contribution >= 0.6 is 12.4 Å². The third kappa shape index (κ3) is 4.76. The Hall–Kier alpha value is -2.17. The maximum atomic E-state index is 12.8. The molecule has 1 aromatic carbocycles. The molecule has 2 heterocycles. The van der Waals surface area contributed by atoms with Crippen molar-refractivity contribution < 1.29 is 26.4 Å². The molecular formula is C19H21ClF3N3O3S. The lowest BCUT2D eigenvalue weighted by molar-refractivity contribution is -0.137. The number of amides is 1. The highest BCUT2D eigenvalue weighted by Crippen LogP contribution is 2.30. The minimum atomic E-state index is -4.54. The normalized spacial score (nSPS) is 18.0. The van der Waals surface area contributed by atoms with Crippen molar-refractivity contribution in [2.24, 2.45) is 0 Å². The van der Waals surface area contributed by atoms with Gasteiger partial charge in [0, 0.05) is 31.9 Å². The standard InChI is InChI=1S/C19H20F3N3O3S.ClH/c1-13-4-3-9-23-17(13)18(26)25-11-10-24(12-14(25)2)29(27,28)16-7-5-15(6-8-16)19(20,21)22;/h3-9,14H,10-12H2,1-2H3;1H/t14-;/m0./s1. The maximum absolute atomic E-state index is 12.8. The van der Waals surface area contributed by atoms with Gasteiger partial charge < -0.3 is 4.90 Å². The van der Waals surface area contributed by atoms with Gasteiger partial charge in [-0.3, -0.25) is 9.78 Å². The lowest BCUT2D eigenvalue weighted by Gasteiger charge is -2.39. The number of pyridine rings is 1. The van der Waals surface area contributed by atoms with Crippen LogP contribution in [0.25, 0.3) is 0 Å². The van der Waals surface area contributed by atoms with E-state index in [1.165, 1.54) is 10.5 Å². The van der Waals surface area contributed by atoms with Gasteiger partial charge in [0.1, 0.15) is 5.69 Å². The molecule has 0 aliphatic carbocycles. The summed E-state index contributed by atoms with van der Waals surface area (Å²) in [5.41, 5.74) is 0.133. The van der Waals surface area contributed by atoms with E-state index in [1.807, 2.05) is 0 Å². The second kappa shape index (κ2) is 8.91. The van der Waals surface area contributed by atoms with E-state index in [1.54, 1.807) is 30.9 Å². The fraction of sp³-hybridized carbons (Fsp3) is 0.368. The molecule has 30 heavy (non-hydrogen) atoms. The van der Waals surface area contributed by atoms with Gasteiger partial charge in [0.15, 0.2) is 0 Å². The molecular weight excluding hydrogens is 443 g/mol. The van der Waals surface area contributed by atoms with Crippen molar-refractivity contribution in [1.29, 1.82) is 0 Å². The summed E-state index contributed by atoms with van der Waals surface area (Å²) >= 11 is 0. The summed E-state index contributed by atoms with van der Waals surface area (Å²) in [6.45, 7) is 3.75. The first kappa shape index (κ1) is 24.1. The predicted molar refractivity (Wildman–Crippen MR) is 107 cm³/mol. The van der Waals surface area contributed by atoms with E-state index in [4.69, 9.17) is 0 Å². The Bertz CT molecular complexity index is 1010. The van der Waals surface area contributed by atoms with Gasteiger partial charge in [-0.15, -0.1) is 12.4 Å². The number of sulfonamides is 1. The van der Waals surface area contributed by atoms with Crippen molar-refractivity contribution in [3.05, 3.63) is 59.4 Å². The smallest absolute Gasteiger partial charge is 0.332 e. The van der Waals surface area contributed by atoms with Crippen molar-refractivity contribution in [2.45, 2.75) is 31.0 Å². The van der Waals surface area contributed by atoms with E-state index in [9.17, 15) is 26.4 Å². The molecule has 1 aromatic heterocycles. The van der Waals surface area contributed by atoms with Gasteiger partial charge in [-0.1, -0.05) is 6.07 Å². The predicted octanol–water partition coefficient (Wildman–Crippen LogP) is 3.37. The van der Waals surface area contributed by atoms with Gasteiger partial charge >= 0.3 is 6.18 Å². The quantitative estimate of drug-likeness (QED) is 0.699. The van der Waals surface area contributed by atoms with Gasteiger partial charge in [0.2, 0.25) is 10.0 Å². The average molecular weight is 464 g/mol. The lowest BCUT2D eigenvalue weighted by atomic mass is 10.1. The van der Waals surface area contributed by atoms with Crippen LogP contribution in [0.15, 0.2) is 47.5 Å². The van der Waals surface area contributed by atoms with E-state index in [0.29, 0.717) is 5.69 Å². The molecule has 1 saturated heterocycles. The van der Waals surface area contributed by atoms with Crippen LogP contribution in [-0.2, 0) is 16.2 Å². The minimum absolute atomic E-state index is 0. The Morgan fingerprint density at radius 2 is 1.77 bits per heavy atom. The van der Waals surface area contributed by atoms with E-state index in [-0.39, 0.29) is 42.8 Å². The summed E-state index contributed by atoms with van der Waals surface area (Å²) in [6.07, 6.45) is -3.01. The zero-order chi connectivity index (χ0) is 21.4. The number of piperazine rings is 1. The number of nitrogens with zero attached hydrogens (tertiary/aromatic N) is 3. The highest BCUT2D eigenvalue weighted by Gasteiger charge is 2.36. The number of hydrogen-bond acceptors (Lipinski definition) is 4. The van der Waals surface area contributed by atoms with E-state index < -0.39 is 27.8 Å². The number of benzene rings is 1. The van der Waals surface area contributed by atoms with E-state index >= 15 is 0 Å². The molecule has 164 valence electrons. The van der Waals surface area contributed by atoms with Crippen LogP contribution in [0, 0.1) is 6.92 Å². The minimum Gasteiger partial charge on any atom is -0.332 e. The van der Waals surface area contributed by atoms with Crippen LogP contribution in [0.2, 0.25) is 0 Å². The van der Waals surface area contributed by atoms with Crippen LogP contribution in [0.1, 0.15) is 28.5 Å². The number of rotatable bonds is 3. The van der Waals surface area contributed by atoms with Gasteiger partial charge in [-0.25, -0.2) is 8.42 Å². The van der Waals surface area contributed by atoms with Crippen molar-refractivity contribution in [2.75, 3.05) is 19.6 Å². The number of hydrogen-bond donors (Lipinski definition) is 0. The Kier molecular flexibility index (Phi) is 7.16. The lowest BCUT2D eigenvalue weighted by Crippen LogP contribution is -2.55. The van der Waals surface area contributed by atoms with Crippen LogP contribution in [-0.4, -0.2) is 54.2 Å². The third-order valence-corrected chi connectivity index (χ3v) is 6.76. The average Bonchev–Trinajstić information content (AvgIpc) is 2.67. The molecule has 1 atom stereocenters. The highest BCUT2D eigenvalue weighted by atomic mass is 35.5. The van der Waals surface area contributed by atoms with Crippen LogP contribution in [0.3, 0.4) is 0 Å². The fourth-order valence-corrected chi connectivity index (χ4v) is 4.77. The summed E-state index contributed by atoms with van der Waals surface area (Å²) in [4.78, 5) is 18.2. The van der Waals surface area contributed by atoms with Gasteiger partial charge in [-0.2, -0.15) is 17.5 Å². The van der Waals surface area contributed by atoms with Crippen molar-refractivity contribution in [3.8, 4) is 0 Å². The molecule has 1 aliphatic rings. The largest absolute Gasteiger partial charge is 0.416 e. The summed E-state index contributed by atoms with van der Waals surface area (Å²) < 4.78 is 65.0. The second-order valence-corrected chi connectivity index (χ2v) is 8.84. The highest BCUT2D eigenvalue weighted by molar-refractivity contribution is 7.89. The summed E-state index contributed by atoms with van der Waals surface area (Å²) in [7, 11) is -3.97. The number of carbonyl (C=O) groups is 1. The zero-order valence-corrected chi connectivity index (χ0v) is 17.9. The molecule has 0 saturated carbocycles. The number of halogens is 4. The van der Waals surface area contributed by atoms with Crippen LogP contribution in [0.5, 0.6) is 0 Å². The summed E-state index contributed by atoms with van der Waals surface area (Å²) in [5.74, 6) is -0.276. The SMILES string of the molecule is Cc1cccnc1C(=O)N1CCN(S(=O)(=O)c2ccc(C(F)(F)F)cc2)C[C@@H]1C.Cl. The first-order valence-electron chi connectivity index (χ1n) is 8.92. The molecule has 1 aliphatic heterocycles. The summed E-state index contributed by atoms with van der Waals surface area (Å²) in [6, 6.07) is 6.50. The molecule has 3 rings (SSSR count). The molecule has 0 radical (unpaired) electrons. The van der Waals surface area contributed by atoms with Gasteiger partial charge in [0.25, 0.3) is 5.91 Å².